The predicted molar refractivity (Wildman–Crippen MR) is 85.8 cm³/mol. The van der Waals surface area contributed by atoms with Crippen molar-refractivity contribution in [3.63, 3.8) is 0 Å². The lowest BCUT2D eigenvalue weighted by Gasteiger charge is -2.32. The van der Waals surface area contributed by atoms with Gasteiger partial charge in [0.05, 0.1) is 16.9 Å². The summed E-state index contributed by atoms with van der Waals surface area (Å²) in [5, 5.41) is 4.04. The number of nitrogens with two attached hydrogens (primary N) is 2. The maximum atomic E-state index is 13.6. The quantitative estimate of drug-likeness (QED) is 0.392. The van der Waals surface area contributed by atoms with Crippen LogP contribution in [0.15, 0.2) is 36.5 Å². The monoisotopic (exact) mass is 369 g/mol. The first-order valence-electron chi connectivity index (χ1n) is 7.41. The van der Waals surface area contributed by atoms with Gasteiger partial charge in [0.2, 0.25) is 5.79 Å². The highest BCUT2D eigenvalue weighted by atomic mass is 19.4. The molecule has 0 bridgehead atoms. The van der Waals surface area contributed by atoms with Crippen molar-refractivity contribution in [3.8, 4) is 0 Å². The van der Waals surface area contributed by atoms with Gasteiger partial charge in [-0.3, -0.25) is 10.7 Å². The Morgan fingerprint density at radius 3 is 2.42 bits per heavy atom. The van der Waals surface area contributed by atoms with Crippen LogP contribution in [-0.2, 0) is 12.0 Å². The lowest BCUT2D eigenvalue weighted by molar-refractivity contribution is -0.137. The van der Waals surface area contributed by atoms with Crippen molar-refractivity contribution in [2.24, 2.45) is 11.6 Å². The van der Waals surface area contributed by atoms with Gasteiger partial charge in [-0.15, -0.1) is 0 Å². The van der Waals surface area contributed by atoms with Crippen LogP contribution in [0.1, 0.15) is 11.1 Å². The van der Waals surface area contributed by atoms with Crippen molar-refractivity contribution in [1.29, 1.82) is 0 Å². The van der Waals surface area contributed by atoms with Crippen LogP contribution in [0.2, 0.25) is 0 Å². The molecule has 2 heterocycles. The predicted octanol–water partition coefficient (Wildman–Crippen LogP) is 3.34. The molecular weight excluding hydrogens is 357 g/mol. The number of aromatic nitrogens is 1. The zero-order valence-electron chi connectivity index (χ0n) is 13.0. The molecule has 0 saturated heterocycles. The van der Waals surface area contributed by atoms with Crippen LogP contribution in [0.5, 0.6) is 0 Å². The van der Waals surface area contributed by atoms with E-state index in [0.29, 0.717) is 0 Å². The molecule has 2 aromatic carbocycles. The molecule has 1 aromatic heterocycles. The summed E-state index contributed by atoms with van der Waals surface area (Å²) in [7, 11) is 0. The summed E-state index contributed by atoms with van der Waals surface area (Å²) in [6, 6.07) is 4.87. The second kappa shape index (κ2) is 5.08. The molecule has 0 spiro atoms. The lowest BCUT2D eigenvalue weighted by Crippen LogP contribution is -2.58. The number of halogens is 5. The molecule has 26 heavy (non-hydrogen) atoms. The summed E-state index contributed by atoms with van der Waals surface area (Å²) < 4.78 is 65.8. The number of fused-ring (bicyclic) bond motifs is 2. The van der Waals surface area contributed by atoms with Gasteiger partial charge in [-0.1, -0.05) is 0 Å². The van der Waals surface area contributed by atoms with Crippen molar-refractivity contribution in [2.45, 2.75) is 12.0 Å². The van der Waals surface area contributed by atoms with E-state index in [1.807, 2.05) is 0 Å². The third-order valence-electron chi connectivity index (χ3n) is 4.42. The smallest absolute Gasteiger partial charge is 0.361 e. The molecule has 3 aromatic rings. The van der Waals surface area contributed by atoms with Gasteiger partial charge in [-0.05, 0) is 24.3 Å². The van der Waals surface area contributed by atoms with Crippen molar-refractivity contribution in [3.05, 3.63) is 59.3 Å². The number of hydrogen-bond acceptors (Lipinski definition) is 4. The molecule has 4 rings (SSSR count). The average molecular weight is 369 g/mol. The summed E-state index contributed by atoms with van der Waals surface area (Å²) >= 11 is 0. The number of rotatable bonds is 1. The molecule has 5 nitrogen and oxygen atoms in total. The molecule has 10 heteroatoms. The van der Waals surface area contributed by atoms with Gasteiger partial charge in [-0.25, -0.2) is 14.6 Å². The van der Waals surface area contributed by atoms with Crippen LogP contribution in [0.3, 0.4) is 0 Å². The fourth-order valence-electron chi connectivity index (χ4n) is 3.11. The number of nitrogens with zero attached hydrogens (tertiary/aromatic N) is 1. The Morgan fingerprint density at radius 2 is 1.73 bits per heavy atom. The number of anilines is 2. The first kappa shape index (κ1) is 16.6. The second-order valence-electron chi connectivity index (χ2n) is 6.01. The summed E-state index contributed by atoms with van der Waals surface area (Å²) in [5.41, 5.74) is 6.26. The summed E-state index contributed by atoms with van der Waals surface area (Å²) in [5.74, 6) is 2.23. The highest BCUT2D eigenvalue weighted by Crippen LogP contribution is 2.44. The minimum atomic E-state index is -4.53. The Hall–Kier alpha value is -2.85. The summed E-state index contributed by atoms with van der Waals surface area (Å²) in [6.45, 7) is 0. The minimum absolute atomic E-state index is 0.0711. The molecule has 1 unspecified atom stereocenters. The third-order valence-corrected chi connectivity index (χ3v) is 4.42. The lowest BCUT2D eigenvalue weighted by atomic mass is 10.1. The Labute approximate surface area is 143 Å². The maximum Gasteiger partial charge on any atom is 0.416 e. The maximum absolute atomic E-state index is 13.6. The van der Waals surface area contributed by atoms with Gasteiger partial charge in [0.25, 0.3) is 0 Å². The van der Waals surface area contributed by atoms with Crippen molar-refractivity contribution in [1.82, 2.24) is 4.98 Å². The highest BCUT2D eigenvalue weighted by Gasteiger charge is 2.43. The van der Waals surface area contributed by atoms with Gasteiger partial charge < -0.3 is 10.3 Å². The van der Waals surface area contributed by atoms with Crippen molar-refractivity contribution >= 4 is 22.3 Å². The van der Waals surface area contributed by atoms with E-state index in [1.165, 1.54) is 12.3 Å². The van der Waals surface area contributed by atoms with E-state index >= 15 is 0 Å². The third kappa shape index (κ3) is 2.22. The summed E-state index contributed by atoms with van der Waals surface area (Å²) in [6.07, 6.45) is -3.13. The molecule has 0 aliphatic carbocycles. The van der Waals surface area contributed by atoms with Gasteiger partial charge in [-0.2, -0.15) is 13.2 Å². The van der Waals surface area contributed by atoms with E-state index in [1.54, 1.807) is 0 Å². The van der Waals surface area contributed by atoms with Crippen LogP contribution in [0.4, 0.5) is 33.3 Å². The van der Waals surface area contributed by atoms with E-state index in [9.17, 15) is 22.0 Å². The number of aromatic amines is 1. The largest absolute Gasteiger partial charge is 0.416 e. The van der Waals surface area contributed by atoms with Crippen LogP contribution in [0, 0.1) is 11.6 Å². The molecule has 1 aliphatic heterocycles. The fraction of sp³-hybridized carbons (Fsp3) is 0.125. The minimum Gasteiger partial charge on any atom is -0.361 e. The van der Waals surface area contributed by atoms with E-state index < -0.39 is 29.2 Å². The van der Waals surface area contributed by atoms with Gasteiger partial charge in [0.15, 0.2) is 11.6 Å². The van der Waals surface area contributed by atoms with Crippen LogP contribution in [0.25, 0.3) is 10.9 Å². The molecule has 1 atom stereocenters. The molecule has 6 N–H and O–H groups in total. The Kier molecular flexibility index (Phi) is 3.25. The zero-order valence-corrected chi connectivity index (χ0v) is 13.0. The van der Waals surface area contributed by atoms with Crippen LogP contribution < -0.4 is 21.9 Å². The van der Waals surface area contributed by atoms with Gasteiger partial charge >= 0.3 is 6.18 Å². The second-order valence-corrected chi connectivity index (χ2v) is 6.01. The van der Waals surface area contributed by atoms with Crippen molar-refractivity contribution in [2.75, 3.05) is 10.3 Å². The van der Waals surface area contributed by atoms with Crippen LogP contribution in [-0.4, -0.2) is 4.98 Å². The van der Waals surface area contributed by atoms with E-state index in [0.717, 1.165) is 29.3 Å². The number of nitrogens with one attached hydrogen (secondary N) is 2. The Morgan fingerprint density at radius 1 is 1.04 bits per heavy atom. The zero-order chi connectivity index (χ0) is 18.9. The van der Waals surface area contributed by atoms with Gasteiger partial charge in [0, 0.05) is 28.7 Å². The first-order chi connectivity index (χ1) is 12.1. The molecule has 1 aliphatic rings. The fourth-order valence-corrected chi connectivity index (χ4v) is 3.11. The van der Waals surface area contributed by atoms with Crippen LogP contribution >= 0.6 is 0 Å². The summed E-state index contributed by atoms with van der Waals surface area (Å²) in [4.78, 5) is 2.75. The molecule has 0 saturated carbocycles. The van der Waals surface area contributed by atoms with Crippen molar-refractivity contribution < 1.29 is 22.0 Å². The molecule has 0 radical (unpaired) electrons. The Bertz CT molecular complexity index is 1030. The van der Waals surface area contributed by atoms with E-state index in [-0.39, 0.29) is 27.8 Å². The topological polar surface area (TPSA) is 83.1 Å². The number of hydrogen-bond donors (Lipinski definition) is 4. The number of hydrazine groups is 1. The standard InChI is InChI=1S/C16H12F5N5/c17-10-4-8-9(6-24-12(8)5-11(10)18)16(22)25-13-3-7(15(19,20)21)1-2-14(13)26(16)23/h1-6,24-25H,22-23H2. The Balaban J connectivity index is 1.84. The molecule has 0 fully saturated rings. The van der Waals surface area contributed by atoms with E-state index in [2.05, 4.69) is 10.3 Å². The number of alkyl halides is 3. The highest BCUT2D eigenvalue weighted by molar-refractivity contribution is 5.88. The van der Waals surface area contributed by atoms with Gasteiger partial charge in [0.1, 0.15) is 0 Å². The molecule has 136 valence electrons. The molecular formula is C16H12F5N5. The normalized spacial score (nSPS) is 19.7. The SMILES string of the molecule is NN1c2ccc(C(F)(F)F)cc2NC1(N)c1c[nH]c2cc(F)c(F)cc12. The number of benzene rings is 2. The first-order valence-corrected chi connectivity index (χ1v) is 7.41. The molecule has 0 amide bonds. The number of H-pyrrole nitrogens is 1. The van der Waals surface area contributed by atoms with E-state index in [4.69, 9.17) is 11.6 Å². The average Bonchev–Trinajstić information content (AvgIpc) is 3.07.